The Morgan fingerprint density at radius 2 is 1.80 bits per heavy atom. The van der Waals surface area contributed by atoms with Crippen molar-refractivity contribution in [2.75, 3.05) is 6.79 Å². The van der Waals surface area contributed by atoms with Crippen LogP contribution in [0.25, 0.3) is 0 Å². The molecule has 4 nitrogen and oxygen atoms in total. The summed E-state index contributed by atoms with van der Waals surface area (Å²) in [6.45, 7) is 0.265. The largest absolute Gasteiger partial charge is 0.508 e. The summed E-state index contributed by atoms with van der Waals surface area (Å²) in [4.78, 5) is 0. The molecule has 0 amide bonds. The molecule has 0 bridgehead atoms. The summed E-state index contributed by atoms with van der Waals surface area (Å²) in [6.07, 6.45) is 1.61. The smallest absolute Gasteiger partial charge is 0.231 e. The fourth-order valence-corrected chi connectivity index (χ4v) is 2.75. The van der Waals surface area contributed by atoms with Crippen molar-refractivity contribution in [1.29, 1.82) is 0 Å². The van der Waals surface area contributed by atoms with Gasteiger partial charge in [-0.05, 0) is 30.5 Å². The minimum absolute atomic E-state index is 0.121. The molecule has 2 aromatic carbocycles. The van der Waals surface area contributed by atoms with Crippen molar-refractivity contribution in [3.63, 3.8) is 0 Å². The SMILES string of the molecule is Oc1ccccc1[C@@H]1CCc2cc3c(cc2O1)OCO3. The van der Waals surface area contributed by atoms with Crippen LogP contribution in [0.3, 0.4) is 0 Å². The van der Waals surface area contributed by atoms with E-state index in [-0.39, 0.29) is 18.6 Å². The Morgan fingerprint density at radius 1 is 1.00 bits per heavy atom. The number of hydrogen-bond donors (Lipinski definition) is 1. The lowest BCUT2D eigenvalue weighted by Gasteiger charge is -2.27. The maximum absolute atomic E-state index is 9.94. The van der Waals surface area contributed by atoms with Gasteiger partial charge in [0.1, 0.15) is 17.6 Å². The minimum Gasteiger partial charge on any atom is -0.508 e. The second-order valence-electron chi connectivity index (χ2n) is 5.02. The molecule has 2 aliphatic rings. The third-order valence-corrected chi connectivity index (χ3v) is 3.78. The molecule has 0 aliphatic carbocycles. The van der Waals surface area contributed by atoms with Crippen LogP contribution in [-0.4, -0.2) is 11.9 Å². The Bertz CT molecular complexity index is 666. The molecule has 4 heteroatoms. The standard InChI is InChI=1S/C16H14O4/c17-12-4-2-1-3-11(12)13-6-5-10-7-15-16(19-9-18-15)8-14(10)20-13/h1-4,7-8,13,17H,5-6,9H2/t13-/m0/s1. The fraction of sp³-hybridized carbons (Fsp3) is 0.250. The van der Waals surface area contributed by atoms with Crippen LogP contribution in [0.1, 0.15) is 23.7 Å². The highest BCUT2D eigenvalue weighted by molar-refractivity contribution is 5.53. The number of rotatable bonds is 1. The summed E-state index contributed by atoms with van der Waals surface area (Å²) in [7, 11) is 0. The molecule has 0 spiro atoms. The van der Waals surface area contributed by atoms with Crippen molar-refractivity contribution >= 4 is 0 Å². The van der Waals surface area contributed by atoms with Gasteiger partial charge in [0, 0.05) is 11.6 Å². The molecule has 0 unspecified atom stereocenters. The third kappa shape index (κ3) is 1.76. The van der Waals surface area contributed by atoms with E-state index in [0.29, 0.717) is 0 Å². The van der Waals surface area contributed by atoms with Gasteiger partial charge in [-0.2, -0.15) is 0 Å². The maximum Gasteiger partial charge on any atom is 0.231 e. The van der Waals surface area contributed by atoms with Crippen LogP contribution in [0, 0.1) is 0 Å². The Kier molecular flexibility index (Phi) is 2.49. The zero-order valence-electron chi connectivity index (χ0n) is 10.8. The molecule has 102 valence electrons. The number of benzene rings is 2. The van der Waals surface area contributed by atoms with Crippen LogP contribution in [0.2, 0.25) is 0 Å². The van der Waals surface area contributed by atoms with Crippen LogP contribution < -0.4 is 14.2 Å². The molecule has 1 atom stereocenters. The molecule has 4 rings (SSSR count). The highest BCUT2D eigenvalue weighted by Crippen LogP contribution is 2.44. The molecule has 0 radical (unpaired) electrons. The molecule has 0 fully saturated rings. The van der Waals surface area contributed by atoms with Crippen LogP contribution in [0.15, 0.2) is 36.4 Å². The molecular weight excluding hydrogens is 256 g/mol. The van der Waals surface area contributed by atoms with Crippen molar-refractivity contribution in [1.82, 2.24) is 0 Å². The Balaban J connectivity index is 1.68. The average molecular weight is 270 g/mol. The lowest BCUT2D eigenvalue weighted by molar-refractivity contribution is 0.170. The number of ether oxygens (including phenoxy) is 3. The van der Waals surface area contributed by atoms with E-state index in [1.165, 1.54) is 0 Å². The highest BCUT2D eigenvalue weighted by atomic mass is 16.7. The van der Waals surface area contributed by atoms with E-state index in [9.17, 15) is 5.11 Å². The molecule has 2 aliphatic heterocycles. The number of fused-ring (bicyclic) bond motifs is 2. The molecule has 1 N–H and O–H groups in total. The van der Waals surface area contributed by atoms with Crippen LogP contribution in [-0.2, 0) is 6.42 Å². The van der Waals surface area contributed by atoms with Gasteiger partial charge in [0.15, 0.2) is 11.5 Å². The molecular formula is C16H14O4. The molecule has 2 heterocycles. The van der Waals surface area contributed by atoms with Gasteiger partial charge in [-0.15, -0.1) is 0 Å². The number of hydrogen-bond acceptors (Lipinski definition) is 4. The number of aryl methyl sites for hydroxylation is 1. The predicted octanol–water partition coefficient (Wildman–Crippen LogP) is 3.19. The van der Waals surface area contributed by atoms with Crippen LogP contribution in [0.5, 0.6) is 23.0 Å². The molecule has 20 heavy (non-hydrogen) atoms. The van der Waals surface area contributed by atoms with E-state index in [0.717, 1.165) is 41.2 Å². The number of phenols is 1. The summed E-state index contributed by atoms with van der Waals surface area (Å²) >= 11 is 0. The van der Waals surface area contributed by atoms with Gasteiger partial charge in [0.2, 0.25) is 6.79 Å². The maximum atomic E-state index is 9.94. The fourth-order valence-electron chi connectivity index (χ4n) is 2.75. The van der Waals surface area contributed by atoms with E-state index in [2.05, 4.69) is 0 Å². The lowest BCUT2D eigenvalue weighted by Crippen LogP contribution is -2.15. The van der Waals surface area contributed by atoms with Gasteiger partial charge in [-0.3, -0.25) is 0 Å². The number of para-hydroxylation sites is 1. The first-order valence-electron chi connectivity index (χ1n) is 6.68. The van der Waals surface area contributed by atoms with E-state index >= 15 is 0 Å². The van der Waals surface area contributed by atoms with Gasteiger partial charge in [0.25, 0.3) is 0 Å². The van der Waals surface area contributed by atoms with E-state index in [4.69, 9.17) is 14.2 Å². The van der Waals surface area contributed by atoms with Crippen molar-refractivity contribution < 1.29 is 19.3 Å². The van der Waals surface area contributed by atoms with Gasteiger partial charge in [-0.1, -0.05) is 18.2 Å². The second-order valence-corrected chi connectivity index (χ2v) is 5.02. The zero-order valence-corrected chi connectivity index (χ0v) is 10.8. The van der Waals surface area contributed by atoms with Crippen molar-refractivity contribution in [2.24, 2.45) is 0 Å². The second kappa shape index (κ2) is 4.34. The highest BCUT2D eigenvalue weighted by Gasteiger charge is 2.26. The monoisotopic (exact) mass is 270 g/mol. The van der Waals surface area contributed by atoms with Crippen molar-refractivity contribution in [3.8, 4) is 23.0 Å². The summed E-state index contributed by atoms with van der Waals surface area (Å²) in [5.74, 6) is 2.60. The van der Waals surface area contributed by atoms with E-state index in [1.54, 1.807) is 6.07 Å². The van der Waals surface area contributed by atoms with Gasteiger partial charge < -0.3 is 19.3 Å². The Labute approximate surface area is 116 Å². The molecule has 2 aromatic rings. The van der Waals surface area contributed by atoms with Gasteiger partial charge in [-0.25, -0.2) is 0 Å². The van der Waals surface area contributed by atoms with E-state index in [1.807, 2.05) is 30.3 Å². The van der Waals surface area contributed by atoms with Gasteiger partial charge in [0.05, 0.1) is 0 Å². The summed E-state index contributed by atoms with van der Waals surface area (Å²) in [5.41, 5.74) is 1.96. The third-order valence-electron chi connectivity index (χ3n) is 3.78. The predicted molar refractivity (Wildman–Crippen MR) is 72.4 cm³/mol. The first-order chi connectivity index (χ1) is 9.81. The Hall–Kier alpha value is -2.36. The normalized spacial score (nSPS) is 19.3. The molecule has 0 saturated heterocycles. The number of aromatic hydroxyl groups is 1. The average Bonchev–Trinajstić information content (AvgIpc) is 2.92. The summed E-state index contributed by atoms with van der Waals surface area (Å²) in [6, 6.07) is 11.2. The van der Waals surface area contributed by atoms with Crippen LogP contribution >= 0.6 is 0 Å². The van der Waals surface area contributed by atoms with Crippen molar-refractivity contribution in [2.45, 2.75) is 18.9 Å². The first-order valence-corrected chi connectivity index (χ1v) is 6.68. The topological polar surface area (TPSA) is 47.9 Å². The zero-order chi connectivity index (χ0) is 13.5. The lowest BCUT2D eigenvalue weighted by atomic mass is 9.96. The summed E-state index contributed by atoms with van der Waals surface area (Å²) in [5, 5.41) is 9.94. The molecule has 0 aromatic heterocycles. The van der Waals surface area contributed by atoms with Crippen LogP contribution in [0.4, 0.5) is 0 Å². The van der Waals surface area contributed by atoms with Crippen molar-refractivity contribution in [3.05, 3.63) is 47.5 Å². The van der Waals surface area contributed by atoms with E-state index < -0.39 is 0 Å². The molecule has 0 saturated carbocycles. The quantitative estimate of drug-likeness (QED) is 0.864. The van der Waals surface area contributed by atoms with Gasteiger partial charge >= 0.3 is 0 Å². The Morgan fingerprint density at radius 3 is 2.65 bits per heavy atom. The number of phenolic OH excluding ortho intramolecular Hbond substituents is 1. The minimum atomic E-state index is -0.121. The summed E-state index contributed by atoms with van der Waals surface area (Å²) < 4.78 is 16.8. The first kappa shape index (κ1) is 11.5.